The summed E-state index contributed by atoms with van der Waals surface area (Å²) >= 11 is 7.54. The molecule has 0 atom stereocenters. The van der Waals surface area contributed by atoms with Gasteiger partial charge < -0.3 is 11.1 Å². The Hall–Kier alpha value is -1.91. The molecule has 0 bridgehead atoms. The topological polar surface area (TPSA) is 55.1 Å². The van der Waals surface area contributed by atoms with Crippen LogP contribution in [0.2, 0.25) is 5.02 Å². The minimum atomic E-state index is -0.276. The number of nitrogen functional groups attached to an aromatic ring is 1. The smallest absolute Gasteiger partial charge is 0.257 e. The largest absolute Gasteiger partial charge is 0.397 e. The van der Waals surface area contributed by atoms with E-state index < -0.39 is 0 Å². The minimum absolute atomic E-state index is 0.276. The van der Waals surface area contributed by atoms with Crippen molar-refractivity contribution < 1.29 is 4.79 Å². The van der Waals surface area contributed by atoms with Gasteiger partial charge >= 0.3 is 0 Å². The van der Waals surface area contributed by atoms with Crippen LogP contribution in [-0.2, 0) is 0 Å². The molecule has 21 heavy (non-hydrogen) atoms. The Balaban J connectivity index is 2.23. The van der Waals surface area contributed by atoms with E-state index in [4.69, 9.17) is 17.3 Å². The monoisotopic (exact) mass is 318 g/mol. The highest BCUT2D eigenvalue weighted by Crippen LogP contribution is 2.28. The molecular formula is C16H15ClN2OS. The van der Waals surface area contributed by atoms with Crippen LogP contribution in [0.1, 0.15) is 10.4 Å². The Kier molecular flexibility index (Phi) is 5.31. The molecule has 0 saturated carbocycles. The summed E-state index contributed by atoms with van der Waals surface area (Å²) in [6.07, 6.45) is 1.82. The van der Waals surface area contributed by atoms with Gasteiger partial charge in [0.05, 0.1) is 22.0 Å². The third-order valence-electron chi connectivity index (χ3n) is 2.79. The van der Waals surface area contributed by atoms with E-state index in [0.717, 1.165) is 16.3 Å². The van der Waals surface area contributed by atoms with Crippen molar-refractivity contribution in [2.24, 2.45) is 0 Å². The number of thioether (sulfide) groups is 1. The fourth-order valence-electron chi connectivity index (χ4n) is 1.77. The van der Waals surface area contributed by atoms with Crippen molar-refractivity contribution in [1.29, 1.82) is 0 Å². The number of benzene rings is 2. The second kappa shape index (κ2) is 7.20. The highest BCUT2D eigenvalue weighted by Gasteiger charge is 2.13. The lowest BCUT2D eigenvalue weighted by Crippen LogP contribution is -2.14. The van der Waals surface area contributed by atoms with Crippen molar-refractivity contribution in [1.82, 2.24) is 0 Å². The van der Waals surface area contributed by atoms with E-state index in [-0.39, 0.29) is 11.6 Å². The molecule has 0 heterocycles. The van der Waals surface area contributed by atoms with Crippen molar-refractivity contribution in [3.8, 4) is 0 Å². The fraction of sp³-hybridized carbons (Fsp3) is 0.0625. The summed E-state index contributed by atoms with van der Waals surface area (Å²) in [4.78, 5) is 13.3. The van der Waals surface area contributed by atoms with Gasteiger partial charge in [-0.15, -0.1) is 18.3 Å². The zero-order valence-electron chi connectivity index (χ0n) is 11.3. The van der Waals surface area contributed by atoms with Crippen molar-refractivity contribution in [2.75, 3.05) is 16.8 Å². The Morgan fingerprint density at radius 2 is 2.05 bits per heavy atom. The molecule has 2 aromatic rings. The second-order valence-electron chi connectivity index (χ2n) is 4.25. The molecule has 0 aromatic heterocycles. The third-order valence-corrected chi connectivity index (χ3v) is 4.19. The lowest BCUT2D eigenvalue weighted by Gasteiger charge is -2.11. The van der Waals surface area contributed by atoms with Crippen LogP contribution in [-0.4, -0.2) is 11.7 Å². The van der Waals surface area contributed by atoms with Crippen LogP contribution in [0.15, 0.2) is 60.0 Å². The summed E-state index contributed by atoms with van der Waals surface area (Å²) in [6, 6.07) is 12.6. The molecule has 0 radical (unpaired) electrons. The molecule has 0 fully saturated rings. The van der Waals surface area contributed by atoms with Gasteiger partial charge in [0.2, 0.25) is 0 Å². The number of hydrogen-bond acceptors (Lipinski definition) is 3. The number of rotatable bonds is 5. The molecule has 108 valence electrons. The van der Waals surface area contributed by atoms with Gasteiger partial charge in [0, 0.05) is 10.6 Å². The standard InChI is InChI=1S/C16H15ClN2OS/c1-2-10-21-14-9-4-3-8-13(14)19-16(20)11-6-5-7-12(17)15(11)18/h2-9H,1,10,18H2,(H,19,20). The number of carbonyl (C=O) groups excluding carboxylic acids is 1. The molecule has 0 aliphatic rings. The molecule has 0 unspecified atom stereocenters. The number of hydrogen-bond donors (Lipinski definition) is 2. The summed E-state index contributed by atoms with van der Waals surface area (Å²) < 4.78 is 0. The molecule has 5 heteroatoms. The lowest BCUT2D eigenvalue weighted by atomic mass is 10.1. The summed E-state index contributed by atoms with van der Waals surface area (Å²) in [5.74, 6) is 0.494. The number of nitrogens with one attached hydrogen (secondary N) is 1. The van der Waals surface area contributed by atoms with Crippen molar-refractivity contribution in [2.45, 2.75) is 4.90 Å². The molecule has 0 aliphatic carbocycles. The molecule has 1 amide bonds. The van der Waals surface area contributed by atoms with E-state index in [1.54, 1.807) is 30.0 Å². The van der Waals surface area contributed by atoms with E-state index in [9.17, 15) is 4.79 Å². The van der Waals surface area contributed by atoms with Gasteiger partial charge in [-0.2, -0.15) is 0 Å². The Labute approximate surface area is 133 Å². The van der Waals surface area contributed by atoms with Gasteiger partial charge in [0.15, 0.2) is 0 Å². The van der Waals surface area contributed by atoms with E-state index in [1.165, 1.54) is 0 Å². The molecule has 2 aromatic carbocycles. The van der Waals surface area contributed by atoms with Crippen LogP contribution in [0, 0.1) is 0 Å². The van der Waals surface area contributed by atoms with Gasteiger partial charge in [-0.1, -0.05) is 35.9 Å². The van der Waals surface area contributed by atoms with Gasteiger partial charge in [-0.3, -0.25) is 4.79 Å². The summed E-state index contributed by atoms with van der Waals surface area (Å²) in [6.45, 7) is 3.70. The van der Waals surface area contributed by atoms with E-state index in [0.29, 0.717) is 10.6 Å². The Morgan fingerprint density at radius 1 is 1.29 bits per heavy atom. The maximum absolute atomic E-state index is 12.3. The normalized spacial score (nSPS) is 10.1. The van der Waals surface area contributed by atoms with Crippen LogP contribution in [0.4, 0.5) is 11.4 Å². The Morgan fingerprint density at radius 3 is 2.81 bits per heavy atom. The van der Waals surface area contributed by atoms with Gasteiger partial charge in [-0.05, 0) is 24.3 Å². The average Bonchev–Trinajstić information content (AvgIpc) is 2.49. The first-order chi connectivity index (χ1) is 10.1. The number of amides is 1. The van der Waals surface area contributed by atoms with E-state index >= 15 is 0 Å². The summed E-state index contributed by atoms with van der Waals surface area (Å²) in [5, 5.41) is 3.24. The zero-order chi connectivity index (χ0) is 15.2. The molecule has 0 spiro atoms. The van der Waals surface area contributed by atoms with Gasteiger partial charge in [0.1, 0.15) is 0 Å². The van der Waals surface area contributed by atoms with Crippen molar-refractivity contribution in [3.05, 3.63) is 65.7 Å². The van der Waals surface area contributed by atoms with Crippen LogP contribution >= 0.6 is 23.4 Å². The van der Waals surface area contributed by atoms with Crippen LogP contribution in [0.5, 0.6) is 0 Å². The van der Waals surface area contributed by atoms with Crippen molar-refractivity contribution in [3.63, 3.8) is 0 Å². The van der Waals surface area contributed by atoms with Crippen molar-refractivity contribution >= 4 is 40.6 Å². The molecule has 0 saturated heterocycles. The number of anilines is 2. The fourth-order valence-corrected chi connectivity index (χ4v) is 2.69. The number of carbonyl (C=O) groups is 1. The molecule has 3 N–H and O–H groups in total. The first-order valence-corrected chi connectivity index (χ1v) is 7.68. The SMILES string of the molecule is C=CCSc1ccccc1NC(=O)c1cccc(Cl)c1N. The van der Waals surface area contributed by atoms with Gasteiger partial charge in [0.25, 0.3) is 5.91 Å². The van der Waals surface area contributed by atoms with Crippen LogP contribution in [0.25, 0.3) is 0 Å². The highest BCUT2D eigenvalue weighted by molar-refractivity contribution is 7.99. The van der Waals surface area contributed by atoms with Crippen LogP contribution in [0.3, 0.4) is 0 Å². The molecule has 0 aliphatic heterocycles. The lowest BCUT2D eigenvalue weighted by molar-refractivity contribution is 0.102. The third kappa shape index (κ3) is 3.80. The average molecular weight is 319 g/mol. The summed E-state index contributed by atoms with van der Waals surface area (Å²) in [7, 11) is 0. The zero-order valence-corrected chi connectivity index (χ0v) is 12.9. The van der Waals surface area contributed by atoms with E-state index in [2.05, 4.69) is 11.9 Å². The van der Waals surface area contributed by atoms with Gasteiger partial charge in [-0.25, -0.2) is 0 Å². The second-order valence-corrected chi connectivity index (χ2v) is 5.72. The molecule has 2 rings (SSSR count). The number of halogens is 1. The van der Waals surface area contributed by atoms with Crippen LogP contribution < -0.4 is 11.1 Å². The minimum Gasteiger partial charge on any atom is -0.397 e. The number of nitrogens with two attached hydrogens (primary N) is 1. The highest BCUT2D eigenvalue weighted by atomic mass is 35.5. The van der Waals surface area contributed by atoms with E-state index in [1.807, 2.05) is 30.3 Å². The first-order valence-electron chi connectivity index (χ1n) is 6.31. The quantitative estimate of drug-likeness (QED) is 0.486. The Bertz CT molecular complexity index is 673. The number of para-hydroxylation sites is 2. The first kappa shape index (κ1) is 15.5. The predicted octanol–water partition coefficient (Wildman–Crippen LogP) is 4.45. The molecular weight excluding hydrogens is 304 g/mol. The summed E-state index contributed by atoms with van der Waals surface area (Å²) in [5.41, 5.74) is 7.24. The maximum atomic E-state index is 12.3. The predicted molar refractivity (Wildman–Crippen MR) is 91.2 cm³/mol. The maximum Gasteiger partial charge on any atom is 0.257 e. The molecule has 3 nitrogen and oxygen atoms in total.